The minimum absolute atomic E-state index is 0.777. The molecule has 0 fully saturated rings. The summed E-state index contributed by atoms with van der Waals surface area (Å²) in [5.74, 6) is 0. The number of ether oxygens (including phenoxy) is 2. The molecule has 0 amide bonds. The number of nitrogens with zero attached hydrogens (tertiary/aromatic N) is 2. The fourth-order valence-electron chi connectivity index (χ4n) is 1.74. The van der Waals surface area contributed by atoms with Crippen molar-refractivity contribution in [2.75, 3.05) is 60.3 Å². The molecule has 0 N–H and O–H groups in total. The van der Waals surface area contributed by atoms with Crippen LogP contribution in [0.4, 0.5) is 0 Å². The molecule has 1 aliphatic heterocycles. The van der Waals surface area contributed by atoms with E-state index in [0.29, 0.717) is 0 Å². The van der Waals surface area contributed by atoms with Crippen LogP contribution in [-0.2, 0) is 9.47 Å². The minimum Gasteiger partial charge on any atom is -0.383 e. The highest BCUT2D eigenvalue weighted by Crippen LogP contribution is 1.99. The first-order valence-electron chi connectivity index (χ1n) is 6.11. The third-order valence-electron chi connectivity index (χ3n) is 2.73. The molecule has 17 heavy (non-hydrogen) atoms. The molecule has 0 aliphatic carbocycles. The van der Waals surface area contributed by atoms with Crippen molar-refractivity contribution in [2.45, 2.75) is 0 Å². The highest BCUT2D eigenvalue weighted by molar-refractivity contribution is 5.05. The van der Waals surface area contributed by atoms with Crippen LogP contribution in [0.25, 0.3) is 0 Å². The van der Waals surface area contributed by atoms with Crippen molar-refractivity contribution < 1.29 is 9.47 Å². The Morgan fingerprint density at radius 1 is 0.882 bits per heavy atom. The van der Waals surface area contributed by atoms with Crippen LogP contribution in [-0.4, -0.2) is 70.1 Å². The summed E-state index contributed by atoms with van der Waals surface area (Å²) in [4.78, 5) is 4.76. The van der Waals surface area contributed by atoms with Gasteiger partial charge in [0.05, 0.1) is 19.9 Å². The second-order valence-corrected chi connectivity index (χ2v) is 4.14. The van der Waals surface area contributed by atoms with Crippen molar-refractivity contribution in [3.05, 3.63) is 24.3 Å². The first-order valence-corrected chi connectivity index (χ1v) is 6.11. The van der Waals surface area contributed by atoms with Gasteiger partial charge in [0.1, 0.15) is 0 Å². The molecule has 1 aliphatic rings. The van der Waals surface area contributed by atoms with E-state index >= 15 is 0 Å². The molecular formula is C13H24N2O2. The van der Waals surface area contributed by atoms with E-state index < -0.39 is 0 Å². The summed E-state index contributed by atoms with van der Waals surface area (Å²) in [7, 11) is 3.49. The third-order valence-corrected chi connectivity index (χ3v) is 2.73. The molecular weight excluding hydrogens is 216 g/mol. The molecule has 0 aromatic heterocycles. The van der Waals surface area contributed by atoms with Gasteiger partial charge >= 0.3 is 0 Å². The molecule has 1 rings (SSSR count). The minimum atomic E-state index is 0.777. The maximum Gasteiger partial charge on any atom is 0.0590 e. The lowest BCUT2D eigenvalue weighted by Crippen LogP contribution is -2.41. The first-order chi connectivity index (χ1) is 8.36. The first kappa shape index (κ1) is 14.4. The molecule has 0 spiro atoms. The van der Waals surface area contributed by atoms with E-state index in [4.69, 9.17) is 9.47 Å². The standard InChI is InChI=1S/C13H24N2O2/c1-16-11-9-14-7-5-3-4-6-8-15(13-14)10-12-17-2/h3-6H,7-13H2,1-2H3/b5-3-,6-4-. The zero-order chi connectivity index (χ0) is 12.3. The molecule has 0 bridgehead atoms. The second kappa shape index (κ2) is 9.36. The Morgan fingerprint density at radius 3 is 1.76 bits per heavy atom. The summed E-state index contributed by atoms with van der Waals surface area (Å²) in [5.41, 5.74) is 0. The zero-order valence-corrected chi connectivity index (χ0v) is 11.0. The molecule has 4 heteroatoms. The van der Waals surface area contributed by atoms with Gasteiger partial charge in [-0.3, -0.25) is 9.80 Å². The Kier molecular flexibility index (Phi) is 7.92. The van der Waals surface area contributed by atoms with E-state index in [0.717, 1.165) is 46.1 Å². The van der Waals surface area contributed by atoms with Gasteiger partial charge in [-0.05, 0) is 0 Å². The Bertz CT molecular complexity index is 218. The van der Waals surface area contributed by atoms with Gasteiger partial charge in [-0.15, -0.1) is 0 Å². The van der Waals surface area contributed by atoms with Crippen LogP contribution in [0.3, 0.4) is 0 Å². The molecule has 98 valence electrons. The van der Waals surface area contributed by atoms with Gasteiger partial charge in [0, 0.05) is 40.4 Å². The van der Waals surface area contributed by atoms with Gasteiger partial charge in [-0.1, -0.05) is 24.3 Å². The quantitative estimate of drug-likeness (QED) is 0.690. The van der Waals surface area contributed by atoms with Crippen molar-refractivity contribution in [3.8, 4) is 0 Å². The van der Waals surface area contributed by atoms with E-state index in [1.54, 1.807) is 14.2 Å². The van der Waals surface area contributed by atoms with E-state index in [-0.39, 0.29) is 0 Å². The van der Waals surface area contributed by atoms with Crippen molar-refractivity contribution in [1.82, 2.24) is 9.80 Å². The van der Waals surface area contributed by atoms with Crippen molar-refractivity contribution in [2.24, 2.45) is 0 Å². The SMILES string of the molecule is COCCN1C/C=C\C=C/CN(CCOC)C1. The molecule has 0 atom stereocenters. The summed E-state index contributed by atoms with van der Waals surface area (Å²) in [5, 5.41) is 0. The summed E-state index contributed by atoms with van der Waals surface area (Å²) >= 11 is 0. The number of rotatable bonds is 6. The van der Waals surface area contributed by atoms with Crippen molar-refractivity contribution >= 4 is 0 Å². The van der Waals surface area contributed by atoms with Crippen molar-refractivity contribution in [3.63, 3.8) is 0 Å². The fraction of sp³-hybridized carbons (Fsp3) is 0.692. The second-order valence-electron chi connectivity index (χ2n) is 4.14. The van der Waals surface area contributed by atoms with Gasteiger partial charge in [-0.25, -0.2) is 0 Å². The van der Waals surface area contributed by atoms with Crippen LogP contribution in [0.1, 0.15) is 0 Å². The highest BCUT2D eigenvalue weighted by atomic mass is 16.5. The van der Waals surface area contributed by atoms with Crippen LogP contribution in [0, 0.1) is 0 Å². The van der Waals surface area contributed by atoms with Crippen LogP contribution in [0.5, 0.6) is 0 Å². The number of allylic oxidation sites excluding steroid dienone is 2. The largest absolute Gasteiger partial charge is 0.383 e. The lowest BCUT2D eigenvalue weighted by molar-refractivity contribution is 0.0875. The average molecular weight is 240 g/mol. The normalized spacial score (nSPS) is 22.7. The van der Waals surface area contributed by atoms with Gasteiger partial charge < -0.3 is 9.47 Å². The van der Waals surface area contributed by atoms with E-state index in [9.17, 15) is 0 Å². The van der Waals surface area contributed by atoms with E-state index in [2.05, 4.69) is 34.1 Å². The summed E-state index contributed by atoms with van der Waals surface area (Å²) in [6.07, 6.45) is 8.59. The Hall–Kier alpha value is -0.680. The topological polar surface area (TPSA) is 24.9 Å². The molecule has 0 unspecified atom stereocenters. The molecule has 0 saturated heterocycles. The monoisotopic (exact) mass is 240 g/mol. The fourth-order valence-corrected chi connectivity index (χ4v) is 1.74. The molecule has 0 aromatic rings. The predicted molar refractivity (Wildman–Crippen MR) is 70.0 cm³/mol. The van der Waals surface area contributed by atoms with E-state index in [1.165, 1.54) is 0 Å². The summed E-state index contributed by atoms with van der Waals surface area (Å²) in [6, 6.07) is 0. The number of methoxy groups -OCH3 is 2. The van der Waals surface area contributed by atoms with Crippen LogP contribution in [0.15, 0.2) is 24.3 Å². The Morgan fingerprint density at radius 2 is 1.35 bits per heavy atom. The molecule has 4 nitrogen and oxygen atoms in total. The van der Waals surface area contributed by atoms with Gasteiger partial charge in [0.2, 0.25) is 0 Å². The van der Waals surface area contributed by atoms with E-state index in [1.807, 2.05) is 0 Å². The van der Waals surface area contributed by atoms with Crippen LogP contribution >= 0.6 is 0 Å². The maximum absolute atomic E-state index is 5.14. The third kappa shape index (κ3) is 6.58. The van der Waals surface area contributed by atoms with Gasteiger partial charge in [0.25, 0.3) is 0 Å². The number of hydrogen-bond donors (Lipinski definition) is 0. The summed E-state index contributed by atoms with van der Waals surface area (Å²) in [6.45, 7) is 6.38. The van der Waals surface area contributed by atoms with Gasteiger partial charge in [0.15, 0.2) is 0 Å². The molecule has 0 saturated carbocycles. The van der Waals surface area contributed by atoms with Crippen LogP contribution in [0.2, 0.25) is 0 Å². The molecule has 1 heterocycles. The summed E-state index contributed by atoms with van der Waals surface area (Å²) < 4.78 is 10.3. The number of hydrogen-bond acceptors (Lipinski definition) is 4. The molecule has 0 radical (unpaired) electrons. The smallest absolute Gasteiger partial charge is 0.0590 e. The molecule has 0 aromatic carbocycles. The highest BCUT2D eigenvalue weighted by Gasteiger charge is 2.09. The Balaban J connectivity index is 2.45. The average Bonchev–Trinajstić information content (AvgIpc) is 2.46. The Labute approximate surface area is 104 Å². The van der Waals surface area contributed by atoms with Crippen LogP contribution < -0.4 is 0 Å². The lowest BCUT2D eigenvalue weighted by atomic mass is 10.4. The zero-order valence-electron chi connectivity index (χ0n) is 11.0. The predicted octanol–water partition coefficient (Wildman–Crippen LogP) is 0.967. The maximum atomic E-state index is 5.14. The lowest BCUT2D eigenvalue weighted by Gasteiger charge is -2.28. The van der Waals surface area contributed by atoms with Gasteiger partial charge in [-0.2, -0.15) is 0 Å². The van der Waals surface area contributed by atoms with Crippen molar-refractivity contribution in [1.29, 1.82) is 0 Å².